The van der Waals surface area contributed by atoms with Crippen molar-refractivity contribution in [2.75, 3.05) is 32.7 Å². The summed E-state index contributed by atoms with van der Waals surface area (Å²) in [4.78, 5) is 25.3. The molecule has 2 N–H and O–H groups in total. The highest BCUT2D eigenvalue weighted by atomic mass is 35.5. The summed E-state index contributed by atoms with van der Waals surface area (Å²) in [5.74, 6) is 0.954. The van der Waals surface area contributed by atoms with E-state index in [1.165, 1.54) is 0 Å². The van der Waals surface area contributed by atoms with Crippen molar-refractivity contribution >= 4 is 24.2 Å². The van der Waals surface area contributed by atoms with Crippen LogP contribution < -0.4 is 10.6 Å². The van der Waals surface area contributed by atoms with Crippen LogP contribution in [0.1, 0.15) is 46.0 Å². The zero-order valence-electron chi connectivity index (χ0n) is 13.3. The smallest absolute Gasteiger partial charge is 0.222 e. The van der Waals surface area contributed by atoms with Crippen LogP contribution in [0.3, 0.4) is 0 Å². The fraction of sp³-hybridized carbons (Fsp3) is 0.867. The third-order valence-corrected chi connectivity index (χ3v) is 3.82. The Balaban J connectivity index is 0.00000400. The van der Waals surface area contributed by atoms with E-state index in [1.807, 2.05) is 11.8 Å². The molecule has 2 amide bonds. The van der Waals surface area contributed by atoms with Gasteiger partial charge in [0, 0.05) is 32.5 Å². The monoisotopic (exact) mass is 319 g/mol. The van der Waals surface area contributed by atoms with E-state index in [1.54, 1.807) is 0 Å². The van der Waals surface area contributed by atoms with Gasteiger partial charge < -0.3 is 15.5 Å². The summed E-state index contributed by atoms with van der Waals surface area (Å²) < 4.78 is 0. The highest BCUT2D eigenvalue weighted by Gasteiger charge is 2.22. The second-order valence-corrected chi connectivity index (χ2v) is 5.44. The lowest BCUT2D eigenvalue weighted by Gasteiger charge is -2.32. The Bertz CT molecular complexity index is 305. The van der Waals surface area contributed by atoms with Gasteiger partial charge in [0.15, 0.2) is 0 Å². The zero-order valence-corrected chi connectivity index (χ0v) is 14.1. The molecule has 0 spiro atoms. The molecule has 0 radical (unpaired) electrons. The minimum Gasteiger partial charge on any atom is -0.356 e. The van der Waals surface area contributed by atoms with Crippen molar-refractivity contribution in [3.8, 4) is 0 Å². The summed E-state index contributed by atoms with van der Waals surface area (Å²) in [6.45, 7) is 8.50. The number of carbonyl (C=O) groups is 2. The summed E-state index contributed by atoms with van der Waals surface area (Å²) in [5.41, 5.74) is 0. The van der Waals surface area contributed by atoms with Crippen LogP contribution in [0.25, 0.3) is 0 Å². The lowest BCUT2D eigenvalue weighted by molar-refractivity contribution is -0.132. The summed E-state index contributed by atoms with van der Waals surface area (Å²) in [5, 5.41) is 6.13. The number of rotatable bonds is 8. The minimum atomic E-state index is 0. The third kappa shape index (κ3) is 8.27. The number of likely N-dealkylation sites (tertiary alicyclic amines) is 1. The molecule has 1 saturated heterocycles. The van der Waals surface area contributed by atoms with Crippen molar-refractivity contribution in [1.29, 1.82) is 0 Å². The maximum absolute atomic E-state index is 12.0. The highest BCUT2D eigenvalue weighted by molar-refractivity contribution is 5.85. The largest absolute Gasteiger partial charge is 0.356 e. The van der Waals surface area contributed by atoms with Crippen molar-refractivity contribution in [2.24, 2.45) is 5.92 Å². The van der Waals surface area contributed by atoms with Crippen LogP contribution in [0.2, 0.25) is 0 Å². The van der Waals surface area contributed by atoms with Gasteiger partial charge in [0.1, 0.15) is 0 Å². The molecule has 0 bridgehead atoms. The normalized spacial score (nSPS) is 15.4. The van der Waals surface area contributed by atoms with Gasteiger partial charge in [0.25, 0.3) is 0 Å². The molecule has 1 rings (SSSR count). The van der Waals surface area contributed by atoms with E-state index in [4.69, 9.17) is 0 Å². The third-order valence-electron chi connectivity index (χ3n) is 3.82. The molecule has 6 heteroatoms. The van der Waals surface area contributed by atoms with Crippen molar-refractivity contribution in [1.82, 2.24) is 15.5 Å². The van der Waals surface area contributed by atoms with Gasteiger partial charge in [-0.15, -0.1) is 12.4 Å². The number of amides is 2. The Morgan fingerprint density at radius 1 is 1.10 bits per heavy atom. The summed E-state index contributed by atoms with van der Waals surface area (Å²) in [6, 6.07) is 0. The minimum absolute atomic E-state index is 0. The van der Waals surface area contributed by atoms with E-state index in [0.29, 0.717) is 31.7 Å². The summed E-state index contributed by atoms with van der Waals surface area (Å²) >= 11 is 0. The number of piperidine rings is 1. The van der Waals surface area contributed by atoms with Crippen LogP contribution in [0, 0.1) is 5.92 Å². The Morgan fingerprint density at radius 3 is 2.33 bits per heavy atom. The Labute approximate surface area is 134 Å². The predicted molar refractivity (Wildman–Crippen MR) is 87.6 cm³/mol. The SMILES string of the molecule is CCNCC1CCN(C(=O)CCCC(=O)NCC)CC1.Cl. The predicted octanol–water partition coefficient (Wildman–Crippen LogP) is 1.56. The van der Waals surface area contributed by atoms with E-state index >= 15 is 0 Å². The fourth-order valence-electron chi connectivity index (χ4n) is 2.58. The van der Waals surface area contributed by atoms with Gasteiger partial charge in [-0.3, -0.25) is 9.59 Å². The molecule has 1 aliphatic rings. The molecule has 5 nitrogen and oxygen atoms in total. The maximum Gasteiger partial charge on any atom is 0.222 e. The maximum atomic E-state index is 12.0. The lowest BCUT2D eigenvalue weighted by Crippen LogP contribution is -2.40. The lowest BCUT2D eigenvalue weighted by atomic mass is 9.96. The molecule has 1 aliphatic heterocycles. The average Bonchev–Trinajstić information content (AvgIpc) is 2.46. The molecule has 0 saturated carbocycles. The number of carbonyl (C=O) groups excluding carboxylic acids is 2. The molecule has 1 fully saturated rings. The van der Waals surface area contributed by atoms with E-state index in [2.05, 4.69) is 17.6 Å². The second kappa shape index (κ2) is 11.8. The van der Waals surface area contributed by atoms with E-state index < -0.39 is 0 Å². The molecule has 21 heavy (non-hydrogen) atoms. The van der Waals surface area contributed by atoms with Crippen molar-refractivity contribution in [3.63, 3.8) is 0 Å². The zero-order chi connectivity index (χ0) is 14.8. The molecule has 1 heterocycles. The first-order valence-electron chi connectivity index (χ1n) is 7.92. The van der Waals surface area contributed by atoms with Gasteiger partial charge in [0.2, 0.25) is 11.8 Å². The molecule has 0 aliphatic carbocycles. The van der Waals surface area contributed by atoms with Crippen molar-refractivity contribution in [3.05, 3.63) is 0 Å². The Kier molecular flexibility index (Phi) is 11.4. The topological polar surface area (TPSA) is 61.4 Å². The van der Waals surface area contributed by atoms with Gasteiger partial charge in [-0.2, -0.15) is 0 Å². The Hall–Kier alpha value is -0.810. The molecule has 0 aromatic carbocycles. The van der Waals surface area contributed by atoms with E-state index in [0.717, 1.165) is 39.0 Å². The van der Waals surface area contributed by atoms with Crippen LogP contribution in [0.15, 0.2) is 0 Å². The van der Waals surface area contributed by atoms with Gasteiger partial charge in [-0.25, -0.2) is 0 Å². The first kappa shape index (κ1) is 20.2. The Morgan fingerprint density at radius 2 is 1.76 bits per heavy atom. The number of hydrogen-bond acceptors (Lipinski definition) is 3. The molecule has 124 valence electrons. The summed E-state index contributed by atoms with van der Waals surface area (Å²) in [7, 11) is 0. The fourth-order valence-corrected chi connectivity index (χ4v) is 2.58. The van der Waals surface area contributed by atoms with E-state index in [9.17, 15) is 9.59 Å². The standard InChI is InChI=1S/C15H29N3O2.ClH/c1-3-16-12-13-8-10-18(11-9-13)15(20)7-5-6-14(19)17-4-2;/h13,16H,3-12H2,1-2H3,(H,17,19);1H. The van der Waals surface area contributed by atoms with Crippen LogP contribution in [-0.2, 0) is 9.59 Å². The first-order valence-corrected chi connectivity index (χ1v) is 7.92. The second-order valence-electron chi connectivity index (χ2n) is 5.44. The summed E-state index contributed by atoms with van der Waals surface area (Å²) in [6.07, 6.45) is 3.79. The van der Waals surface area contributed by atoms with Crippen LogP contribution in [0.4, 0.5) is 0 Å². The van der Waals surface area contributed by atoms with E-state index in [-0.39, 0.29) is 24.2 Å². The number of nitrogens with zero attached hydrogens (tertiary/aromatic N) is 1. The highest BCUT2D eigenvalue weighted by Crippen LogP contribution is 2.17. The molecule has 0 atom stereocenters. The molecular weight excluding hydrogens is 290 g/mol. The van der Waals surface area contributed by atoms with Gasteiger partial charge >= 0.3 is 0 Å². The number of hydrogen-bond donors (Lipinski definition) is 2. The number of nitrogens with one attached hydrogen (secondary N) is 2. The molecule has 0 aromatic rings. The van der Waals surface area contributed by atoms with Gasteiger partial charge in [0.05, 0.1) is 0 Å². The quantitative estimate of drug-likeness (QED) is 0.714. The van der Waals surface area contributed by atoms with Crippen molar-refractivity contribution < 1.29 is 9.59 Å². The van der Waals surface area contributed by atoms with Crippen LogP contribution >= 0.6 is 12.4 Å². The first-order chi connectivity index (χ1) is 9.67. The van der Waals surface area contributed by atoms with Crippen LogP contribution in [-0.4, -0.2) is 49.4 Å². The number of halogens is 1. The molecular formula is C15H30ClN3O2. The van der Waals surface area contributed by atoms with Gasteiger partial charge in [-0.1, -0.05) is 6.92 Å². The van der Waals surface area contributed by atoms with Gasteiger partial charge in [-0.05, 0) is 45.2 Å². The van der Waals surface area contributed by atoms with Crippen molar-refractivity contribution in [2.45, 2.75) is 46.0 Å². The van der Waals surface area contributed by atoms with Crippen LogP contribution in [0.5, 0.6) is 0 Å². The molecule has 0 aromatic heterocycles. The molecule has 0 unspecified atom stereocenters. The average molecular weight is 320 g/mol.